The summed E-state index contributed by atoms with van der Waals surface area (Å²) < 4.78 is 0. The van der Waals surface area contributed by atoms with Crippen LogP contribution in [0, 0.1) is 5.92 Å². The van der Waals surface area contributed by atoms with Gasteiger partial charge >= 0.3 is 0 Å². The molecule has 0 bridgehead atoms. The molecule has 0 radical (unpaired) electrons. The van der Waals surface area contributed by atoms with Gasteiger partial charge in [-0.2, -0.15) is 0 Å². The van der Waals surface area contributed by atoms with E-state index >= 15 is 0 Å². The van der Waals surface area contributed by atoms with E-state index in [2.05, 4.69) is 17.5 Å². The summed E-state index contributed by atoms with van der Waals surface area (Å²) in [7, 11) is 0. The third-order valence-electron chi connectivity index (χ3n) is 3.84. The molecule has 0 aromatic heterocycles. The maximum absolute atomic E-state index is 12.0. The summed E-state index contributed by atoms with van der Waals surface area (Å²) in [5.41, 5.74) is 0. The number of carbonyl (C=O) groups excluding carboxylic acids is 1. The Bertz CT molecular complexity index is 251. The van der Waals surface area contributed by atoms with Crippen molar-refractivity contribution in [2.24, 2.45) is 5.92 Å². The van der Waals surface area contributed by atoms with Gasteiger partial charge in [-0.1, -0.05) is 37.8 Å². The van der Waals surface area contributed by atoms with E-state index < -0.39 is 0 Å². The lowest BCUT2D eigenvalue weighted by molar-refractivity contribution is -0.126. The maximum Gasteiger partial charge on any atom is 0.223 e. The number of allylic oxidation sites excluding steroid dienone is 2. The minimum Gasteiger partial charge on any atom is -0.353 e. The summed E-state index contributed by atoms with van der Waals surface area (Å²) in [6, 6.07) is 0.459. The molecule has 2 rings (SSSR count). The third kappa shape index (κ3) is 3.36. The molecule has 1 fully saturated rings. The van der Waals surface area contributed by atoms with Crippen molar-refractivity contribution in [2.45, 2.75) is 63.8 Å². The highest BCUT2D eigenvalue weighted by molar-refractivity contribution is 5.79. The molecule has 1 atom stereocenters. The van der Waals surface area contributed by atoms with Crippen LogP contribution in [-0.2, 0) is 4.79 Å². The molecular formula is C14H23NO. The second-order valence-corrected chi connectivity index (χ2v) is 5.18. The molecule has 1 amide bonds. The molecule has 1 saturated carbocycles. The molecule has 0 aliphatic heterocycles. The fourth-order valence-electron chi connectivity index (χ4n) is 2.77. The molecule has 0 aromatic carbocycles. The van der Waals surface area contributed by atoms with Gasteiger partial charge in [0, 0.05) is 12.0 Å². The van der Waals surface area contributed by atoms with Crippen LogP contribution in [-0.4, -0.2) is 11.9 Å². The molecule has 1 N–H and O–H groups in total. The fraction of sp³-hybridized carbons (Fsp3) is 0.786. The number of hydrogen-bond donors (Lipinski definition) is 1. The number of rotatable bonds is 2. The quantitative estimate of drug-likeness (QED) is 0.563. The van der Waals surface area contributed by atoms with Crippen molar-refractivity contribution in [3.8, 4) is 0 Å². The highest BCUT2D eigenvalue weighted by Gasteiger charge is 2.21. The smallest absolute Gasteiger partial charge is 0.223 e. The molecule has 2 heteroatoms. The Morgan fingerprint density at radius 2 is 1.75 bits per heavy atom. The van der Waals surface area contributed by atoms with E-state index in [4.69, 9.17) is 0 Å². The predicted molar refractivity (Wildman–Crippen MR) is 66.1 cm³/mol. The summed E-state index contributed by atoms with van der Waals surface area (Å²) in [4.78, 5) is 12.0. The Kier molecular flexibility index (Phi) is 4.44. The lowest BCUT2D eigenvalue weighted by Gasteiger charge is -2.22. The van der Waals surface area contributed by atoms with Crippen molar-refractivity contribution in [2.75, 3.05) is 0 Å². The average Bonchev–Trinajstić information content (AvgIpc) is 2.59. The molecule has 0 unspecified atom stereocenters. The minimum atomic E-state index is 0.244. The van der Waals surface area contributed by atoms with Crippen LogP contribution < -0.4 is 5.32 Å². The van der Waals surface area contributed by atoms with Crippen LogP contribution >= 0.6 is 0 Å². The van der Waals surface area contributed by atoms with Gasteiger partial charge in [-0.3, -0.25) is 4.79 Å². The van der Waals surface area contributed by atoms with Gasteiger partial charge in [0.05, 0.1) is 0 Å². The molecule has 0 spiro atoms. The zero-order chi connectivity index (χ0) is 11.2. The van der Waals surface area contributed by atoms with E-state index in [1.807, 2.05) is 0 Å². The monoisotopic (exact) mass is 221 g/mol. The summed E-state index contributed by atoms with van der Waals surface area (Å²) in [6.07, 6.45) is 15.0. The molecule has 2 nitrogen and oxygen atoms in total. The maximum atomic E-state index is 12.0. The molecule has 90 valence electrons. The Balaban J connectivity index is 1.78. The highest BCUT2D eigenvalue weighted by atomic mass is 16.1. The first kappa shape index (κ1) is 11.7. The van der Waals surface area contributed by atoms with Crippen LogP contribution in [0.2, 0.25) is 0 Å². The Hall–Kier alpha value is -0.790. The van der Waals surface area contributed by atoms with Gasteiger partial charge in [0.25, 0.3) is 0 Å². The van der Waals surface area contributed by atoms with Crippen LogP contribution in [0.3, 0.4) is 0 Å². The van der Waals surface area contributed by atoms with Crippen LogP contribution in [0.15, 0.2) is 12.2 Å². The second kappa shape index (κ2) is 6.07. The normalized spacial score (nSPS) is 27.4. The number of amides is 1. The molecule has 2 aliphatic rings. The lowest BCUT2D eigenvalue weighted by atomic mass is 9.93. The largest absolute Gasteiger partial charge is 0.353 e. The standard InChI is InChI=1S/C14H23NO/c16-14(12-8-4-3-5-9-12)15-13-10-6-1-2-7-11-13/h3-4,12-13H,1-2,5-11H2,(H,15,16)/t12-/m1/s1. The summed E-state index contributed by atoms with van der Waals surface area (Å²) >= 11 is 0. The van der Waals surface area contributed by atoms with Gasteiger partial charge in [0.1, 0.15) is 0 Å². The molecule has 16 heavy (non-hydrogen) atoms. The Morgan fingerprint density at radius 3 is 2.38 bits per heavy atom. The van der Waals surface area contributed by atoms with Crippen molar-refractivity contribution < 1.29 is 4.79 Å². The second-order valence-electron chi connectivity index (χ2n) is 5.18. The topological polar surface area (TPSA) is 29.1 Å². The van der Waals surface area contributed by atoms with Crippen molar-refractivity contribution in [3.63, 3.8) is 0 Å². The van der Waals surface area contributed by atoms with Gasteiger partial charge in [0.2, 0.25) is 5.91 Å². The van der Waals surface area contributed by atoms with E-state index in [0.717, 1.165) is 19.3 Å². The van der Waals surface area contributed by atoms with Crippen LogP contribution in [0.1, 0.15) is 57.8 Å². The Morgan fingerprint density at radius 1 is 1.00 bits per heavy atom. The van der Waals surface area contributed by atoms with E-state index in [1.54, 1.807) is 0 Å². The summed E-state index contributed by atoms with van der Waals surface area (Å²) in [5, 5.41) is 3.26. The van der Waals surface area contributed by atoms with E-state index in [9.17, 15) is 4.79 Å². The first-order valence-electron chi connectivity index (χ1n) is 6.81. The van der Waals surface area contributed by atoms with Crippen LogP contribution in [0.25, 0.3) is 0 Å². The van der Waals surface area contributed by atoms with Crippen molar-refractivity contribution in [3.05, 3.63) is 12.2 Å². The third-order valence-corrected chi connectivity index (χ3v) is 3.84. The summed E-state index contributed by atoms with van der Waals surface area (Å²) in [6.45, 7) is 0. The minimum absolute atomic E-state index is 0.244. The van der Waals surface area contributed by atoms with Gasteiger partial charge in [0.15, 0.2) is 0 Å². The van der Waals surface area contributed by atoms with E-state index in [0.29, 0.717) is 11.9 Å². The molecule has 0 heterocycles. The first-order chi connectivity index (χ1) is 7.86. The summed E-state index contributed by atoms with van der Waals surface area (Å²) in [5.74, 6) is 0.546. The van der Waals surface area contributed by atoms with Crippen molar-refractivity contribution in [1.29, 1.82) is 0 Å². The zero-order valence-corrected chi connectivity index (χ0v) is 10.1. The molecule has 0 saturated heterocycles. The molecule has 2 aliphatic carbocycles. The zero-order valence-electron chi connectivity index (χ0n) is 10.1. The number of carbonyl (C=O) groups is 1. The van der Waals surface area contributed by atoms with Crippen LogP contribution in [0.5, 0.6) is 0 Å². The first-order valence-corrected chi connectivity index (χ1v) is 6.81. The number of nitrogens with one attached hydrogen (secondary N) is 1. The van der Waals surface area contributed by atoms with E-state index in [1.165, 1.54) is 38.5 Å². The Labute approximate surface area is 98.5 Å². The van der Waals surface area contributed by atoms with Gasteiger partial charge < -0.3 is 5.32 Å². The SMILES string of the molecule is O=C(NC1CCCCCC1)[C@@H]1CC=CCC1. The molecular weight excluding hydrogens is 198 g/mol. The van der Waals surface area contributed by atoms with E-state index in [-0.39, 0.29) is 5.92 Å². The van der Waals surface area contributed by atoms with Crippen molar-refractivity contribution >= 4 is 5.91 Å². The lowest BCUT2D eigenvalue weighted by Crippen LogP contribution is -2.38. The van der Waals surface area contributed by atoms with Gasteiger partial charge in [-0.05, 0) is 32.1 Å². The van der Waals surface area contributed by atoms with Gasteiger partial charge in [-0.25, -0.2) is 0 Å². The average molecular weight is 221 g/mol. The van der Waals surface area contributed by atoms with Gasteiger partial charge in [-0.15, -0.1) is 0 Å². The predicted octanol–water partition coefficient (Wildman–Crippen LogP) is 3.18. The number of hydrogen-bond acceptors (Lipinski definition) is 1. The van der Waals surface area contributed by atoms with Crippen molar-refractivity contribution in [1.82, 2.24) is 5.32 Å². The highest BCUT2D eigenvalue weighted by Crippen LogP contribution is 2.21. The molecule has 0 aromatic rings. The van der Waals surface area contributed by atoms with Crippen LogP contribution in [0.4, 0.5) is 0 Å². The fourth-order valence-corrected chi connectivity index (χ4v) is 2.77.